The first-order valence-corrected chi connectivity index (χ1v) is 10.7. The van der Waals surface area contributed by atoms with E-state index in [4.69, 9.17) is 9.31 Å². The van der Waals surface area contributed by atoms with Crippen LogP contribution >= 0.6 is 0 Å². The Hall–Kier alpha value is -2.23. The minimum Gasteiger partial charge on any atom is -0.399 e. The van der Waals surface area contributed by atoms with Gasteiger partial charge >= 0.3 is 7.12 Å². The first-order valence-electron chi connectivity index (χ1n) is 9.27. The zero-order valence-corrected chi connectivity index (χ0v) is 17.7. The molecule has 9 heteroatoms. The average molecular weight is 416 g/mol. The van der Waals surface area contributed by atoms with Crippen LogP contribution in [0.3, 0.4) is 0 Å². The molecule has 0 amide bonds. The van der Waals surface area contributed by atoms with Crippen LogP contribution in [0, 0.1) is 12.7 Å². The van der Waals surface area contributed by atoms with E-state index in [1.165, 1.54) is 18.3 Å². The first-order chi connectivity index (χ1) is 13.4. The van der Waals surface area contributed by atoms with E-state index < -0.39 is 34.2 Å². The van der Waals surface area contributed by atoms with Crippen LogP contribution in [0.1, 0.15) is 33.3 Å². The topological polar surface area (TPSA) is 70.4 Å². The molecule has 1 saturated heterocycles. The van der Waals surface area contributed by atoms with Gasteiger partial charge in [0, 0.05) is 17.0 Å². The SMILES string of the molecule is Cc1ccccc1S(=O)(=O)n1cc(B2OC(C)(C)C(C)(C)O2)c2cc(F)cnc21. The molecule has 29 heavy (non-hydrogen) atoms. The number of halogens is 1. The van der Waals surface area contributed by atoms with Gasteiger partial charge in [-0.05, 0) is 52.3 Å². The monoisotopic (exact) mass is 416 g/mol. The van der Waals surface area contributed by atoms with Crippen molar-refractivity contribution >= 4 is 33.6 Å². The van der Waals surface area contributed by atoms with Gasteiger partial charge in [-0.1, -0.05) is 18.2 Å². The van der Waals surface area contributed by atoms with Gasteiger partial charge in [0.25, 0.3) is 10.0 Å². The maximum atomic E-state index is 14.0. The number of pyridine rings is 1. The second-order valence-corrected chi connectivity index (χ2v) is 10.0. The third kappa shape index (κ3) is 3.08. The molecule has 2 aromatic heterocycles. The van der Waals surface area contributed by atoms with Crippen LogP contribution in [0.25, 0.3) is 11.0 Å². The molecule has 0 bridgehead atoms. The third-order valence-corrected chi connectivity index (χ3v) is 7.56. The molecule has 0 N–H and O–H groups in total. The summed E-state index contributed by atoms with van der Waals surface area (Å²) < 4.78 is 54.0. The predicted molar refractivity (Wildman–Crippen MR) is 109 cm³/mol. The Morgan fingerprint density at radius 2 is 1.72 bits per heavy atom. The van der Waals surface area contributed by atoms with Crippen molar-refractivity contribution in [2.45, 2.75) is 50.7 Å². The van der Waals surface area contributed by atoms with Gasteiger partial charge in [0.05, 0.1) is 22.3 Å². The van der Waals surface area contributed by atoms with Gasteiger partial charge in [0.15, 0.2) is 5.65 Å². The Bertz CT molecular complexity index is 1200. The fraction of sp³-hybridized carbons (Fsp3) is 0.350. The summed E-state index contributed by atoms with van der Waals surface area (Å²) in [4.78, 5) is 4.22. The van der Waals surface area contributed by atoms with Gasteiger partial charge in [0.1, 0.15) is 5.82 Å². The Labute approximate surface area is 169 Å². The van der Waals surface area contributed by atoms with Crippen LogP contribution in [0.4, 0.5) is 4.39 Å². The highest BCUT2D eigenvalue weighted by Crippen LogP contribution is 2.37. The number of hydrogen-bond acceptors (Lipinski definition) is 5. The lowest BCUT2D eigenvalue weighted by Gasteiger charge is -2.32. The third-order valence-electron chi connectivity index (χ3n) is 5.75. The number of rotatable bonds is 3. The Morgan fingerprint density at radius 1 is 1.10 bits per heavy atom. The van der Waals surface area contributed by atoms with E-state index in [9.17, 15) is 12.8 Å². The highest BCUT2D eigenvalue weighted by molar-refractivity contribution is 7.90. The minimum absolute atomic E-state index is 0.124. The van der Waals surface area contributed by atoms with E-state index in [0.717, 1.165) is 10.2 Å². The quantitative estimate of drug-likeness (QED) is 0.614. The van der Waals surface area contributed by atoms with Gasteiger partial charge in [-0.15, -0.1) is 0 Å². The highest BCUT2D eigenvalue weighted by Gasteiger charge is 2.52. The molecule has 0 radical (unpaired) electrons. The summed E-state index contributed by atoms with van der Waals surface area (Å²) in [6.45, 7) is 9.31. The standard InChI is InChI=1S/C20H22BFN2O4S/c1-13-8-6-7-9-17(13)29(25,26)24-12-16(15-10-14(22)11-23-18(15)24)21-27-19(2,3)20(4,5)28-21/h6-12H,1-5H3. The van der Waals surface area contributed by atoms with Gasteiger partial charge < -0.3 is 9.31 Å². The fourth-order valence-electron chi connectivity index (χ4n) is 3.37. The van der Waals surface area contributed by atoms with Crippen molar-refractivity contribution in [3.63, 3.8) is 0 Å². The molecule has 0 unspecified atom stereocenters. The second-order valence-electron chi connectivity index (χ2n) is 8.26. The highest BCUT2D eigenvalue weighted by atomic mass is 32.2. The molecule has 0 aliphatic carbocycles. The van der Waals surface area contributed by atoms with E-state index in [1.807, 2.05) is 27.7 Å². The number of hydrogen-bond donors (Lipinski definition) is 0. The van der Waals surface area contributed by atoms with Crippen LogP contribution in [0.15, 0.2) is 47.6 Å². The lowest BCUT2D eigenvalue weighted by Crippen LogP contribution is -2.41. The summed E-state index contributed by atoms with van der Waals surface area (Å²) in [5, 5.41) is 0.334. The van der Waals surface area contributed by atoms with E-state index in [2.05, 4.69) is 4.98 Å². The Morgan fingerprint density at radius 3 is 2.34 bits per heavy atom. The zero-order valence-electron chi connectivity index (χ0n) is 16.9. The molecule has 0 atom stereocenters. The number of benzene rings is 1. The van der Waals surface area contributed by atoms with Gasteiger partial charge in [-0.25, -0.2) is 21.8 Å². The molecule has 0 saturated carbocycles. The van der Waals surface area contributed by atoms with Crippen molar-refractivity contribution in [1.29, 1.82) is 0 Å². The zero-order chi connectivity index (χ0) is 21.2. The van der Waals surface area contributed by atoms with Crippen molar-refractivity contribution in [2.24, 2.45) is 0 Å². The van der Waals surface area contributed by atoms with Gasteiger partial charge in [-0.2, -0.15) is 0 Å². The molecule has 3 aromatic rings. The molecular weight excluding hydrogens is 394 g/mol. The van der Waals surface area contributed by atoms with E-state index in [1.54, 1.807) is 25.1 Å². The van der Waals surface area contributed by atoms with Gasteiger partial charge in [0.2, 0.25) is 0 Å². The molecule has 0 spiro atoms. The van der Waals surface area contributed by atoms with Crippen LogP contribution in [-0.4, -0.2) is 35.7 Å². The predicted octanol–water partition coefficient (Wildman–Crippen LogP) is 3.02. The number of aromatic nitrogens is 2. The Balaban J connectivity index is 1.94. The lowest BCUT2D eigenvalue weighted by molar-refractivity contribution is 0.00578. The maximum absolute atomic E-state index is 14.0. The summed E-state index contributed by atoms with van der Waals surface area (Å²) in [6.07, 6.45) is 2.42. The summed E-state index contributed by atoms with van der Waals surface area (Å²) in [5.41, 5.74) is -0.0976. The molecule has 1 aliphatic rings. The summed E-state index contributed by atoms with van der Waals surface area (Å²) in [7, 11) is -4.80. The first kappa shape index (κ1) is 20.1. The summed E-state index contributed by atoms with van der Waals surface area (Å²) in [5.74, 6) is -0.568. The summed E-state index contributed by atoms with van der Waals surface area (Å²) >= 11 is 0. The summed E-state index contributed by atoms with van der Waals surface area (Å²) in [6, 6.07) is 7.95. The van der Waals surface area contributed by atoms with Crippen molar-refractivity contribution in [2.75, 3.05) is 0 Å². The van der Waals surface area contributed by atoms with E-state index in [0.29, 0.717) is 16.4 Å². The fourth-order valence-corrected chi connectivity index (χ4v) is 4.93. The van der Waals surface area contributed by atoms with Crippen LogP contribution in [0.2, 0.25) is 0 Å². The van der Waals surface area contributed by atoms with Crippen molar-refractivity contribution in [3.8, 4) is 0 Å². The van der Waals surface area contributed by atoms with Crippen LogP contribution < -0.4 is 5.46 Å². The number of nitrogens with zero attached hydrogens (tertiary/aromatic N) is 2. The molecular formula is C20H22BFN2O4S. The molecule has 3 heterocycles. The second kappa shape index (κ2) is 6.39. The molecule has 1 aliphatic heterocycles. The van der Waals surface area contributed by atoms with Crippen molar-refractivity contribution in [1.82, 2.24) is 8.96 Å². The lowest BCUT2D eigenvalue weighted by atomic mass is 9.79. The molecule has 1 fully saturated rings. The average Bonchev–Trinajstić information content (AvgIpc) is 3.09. The van der Waals surface area contributed by atoms with Crippen LogP contribution in [-0.2, 0) is 19.3 Å². The maximum Gasteiger partial charge on any atom is 0.497 e. The normalized spacial score (nSPS) is 18.5. The van der Waals surface area contributed by atoms with E-state index in [-0.39, 0.29) is 10.5 Å². The molecule has 1 aromatic carbocycles. The Kier molecular flexibility index (Phi) is 4.42. The number of fused-ring (bicyclic) bond motifs is 1. The van der Waals surface area contributed by atoms with Crippen molar-refractivity contribution in [3.05, 3.63) is 54.1 Å². The minimum atomic E-state index is -3.95. The number of aryl methyl sites for hydroxylation is 1. The van der Waals surface area contributed by atoms with Crippen LogP contribution in [0.5, 0.6) is 0 Å². The smallest absolute Gasteiger partial charge is 0.399 e. The van der Waals surface area contributed by atoms with Crippen molar-refractivity contribution < 1.29 is 22.1 Å². The molecule has 4 rings (SSSR count). The van der Waals surface area contributed by atoms with Gasteiger partial charge in [-0.3, -0.25) is 0 Å². The van der Waals surface area contributed by atoms with E-state index >= 15 is 0 Å². The molecule has 6 nitrogen and oxygen atoms in total. The molecule has 152 valence electrons. The largest absolute Gasteiger partial charge is 0.497 e.